The first kappa shape index (κ1) is 29.8. The molecule has 11 heteroatoms. The highest BCUT2D eigenvalue weighted by Gasteiger charge is 2.42. The Balaban J connectivity index is 0.924. The second kappa shape index (κ2) is 14.5. The van der Waals surface area contributed by atoms with Crippen molar-refractivity contribution in [3.8, 4) is 5.75 Å². The molecule has 0 aliphatic carbocycles. The van der Waals surface area contributed by atoms with E-state index >= 15 is 0 Å². The van der Waals surface area contributed by atoms with Crippen molar-refractivity contribution in [3.63, 3.8) is 0 Å². The molecule has 0 saturated carbocycles. The van der Waals surface area contributed by atoms with Crippen molar-refractivity contribution in [3.05, 3.63) is 53.9 Å². The molecule has 0 radical (unpaired) electrons. The monoisotopic (exact) mass is 593 g/mol. The topological polar surface area (TPSA) is 118 Å². The molecule has 2 saturated heterocycles. The Kier molecular flexibility index (Phi) is 10.3. The number of urea groups is 1. The molecule has 0 unspecified atom stereocenters. The zero-order valence-electron chi connectivity index (χ0n) is 24.1. The van der Waals surface area contributed by atoms with Crippen LogP contribution in [0, 0.1) is 0 Å². The molecule has 3 amide bonds. The zero-order chi connectivity index (χ0) is 29.3. The van der Waals surface area contributed by atoms with E-state index in [1.165, 1.54) is 0 Å². The van der Waals surface area contributed by atoms with Crippen LogP contribution in [0.25, 0.3) is 23.3 Å². The van der Waals surface area contributed by atoms with Crippen LogP contribution in [0.5, 0.6) is 5.75 Å². The molecule has 42 heavy (non-hydrogen) atoms. The number of nitrogens with zero attached hydrogens (tertiary/aromatic N) is 2. The Morgan fingerprint density at radius 3 is 2.81 bits per heavy atom. The number of hydrogen-bond acceptors (Lipinski definition) is 8. The number of ether oxygens (including phenoxy) is 2. The minimum Gasteiger partial charge on any atom is -0.491 e. The fourth-order valence-electron chi connectivity index (χ4n) is 5.08. The van der Waals surface area contributed by atoms with Crippen LogP contribution in [0.4, 0.5) is 10.5 Å². The Bertz CT molecular complexity index is 1380. The summed E-state index contributed by atoms with van der Waals surface area (Å²) in [6, 6.07) is 14.2. The van der Waals surface area contributed by atoms with E-state index in [4.69, 9.17) is 13.9 Å². The van der Waals surface area contributed by atoms with Gasteiger partial charge >= 0.3 is 6.03 Å². The number of fused-ring (bicyclic) bond motifs is 2. The van der Waals surface area contributed by atoms with E-state index in [1.54, 1.807) is 0 Å². The first-order valence-electron chi connectivity index (χ1n) is 14.5. The van der Waals surface area contributed by atoms with Gasteiger partial charge in [-0.05, 0) is 48.7 Å². The Labute approximate surface area is 250 Å². The summed E-state index contributed by atoms with van der Waals surface area (Å²) >= 11 is 1.90. The van der Waals surface area contributed by atoms with Gasteiger partial charge in [0.15, 0.2) is 5.58 Å². The molecule has 1 aromatic heterocycles. The number of unbranched alkanes of at least 4 members (excludes halogenated alkanes) is 1. The summed E-state index contributed by atoms with van der Waals surface area (Å²) in [6.45, 7) is 1.70. The number of carbonyl (C=O) groups excluding carboxylic acids is 2. The highest BCUT2D eigenvalue weighted by Crippen LogP contribution is 2.33. The minimum atomic E-state index is -0.0581. The third-order valence-corrected chi connectivity index (χ3v) is 8.86. The molecule has 3 heterocycles. The lowest BCUT2D eigenvalue weighted by atomic mass is 10.0. The highest BCUT2D eigenvalue weighted by molar-refractivity contribution is 8.00. The Morgan fingerprint density at radius 2 is 1.98 bits per heavy atom. The van der Waals surface area contributed by atoms with Crippen molar-refractivity contribution < 1.29 is 23.5 Å². The lowest BCUT2D eigenvalue weighted by molar-refractivity contribution is -0.121. The van der Waals surface area contributed by atoms with Crippen molar-refractivity contribution >= 4 is 52.6 Å². The first-order chi connectivity index (χ1) is 20.4. The molecule has 2 aromatic carbocycles. The van der Waals surface area contributed by atoms with Gasteiger partial charge in [-0.15, -0.1) is 0 Å². The second-order valence-corrected chi connectivity index (χ2v) is 12.0. The lowest BCUT2D eigenvalue weighted by Gasteiger charge is -2.16. The number of benzene rings is 2. The molecule has 2 fully saturated rings. The number of oxazole rings is 1. The van der Waals surface area contributed by atoms with Crippen molar-refractivity contribution in [1.29, 1.82) is 0 Å². The van der Waals surface area contributed by atoms with Gasteiger partial charge in [0.25, 0.3) is 0 Å². The molecule has 224 valence electrons. The van der Waals surface area contributed by atoms with Crippen LogP contribution >= 0.6 is 11.8 Å². The molecule has 2 aliphatic heterocycles. The number of aromatic nitrogens is 1. The number of hydrogen-bond donors (Lipinski definition) is 3. The second-order valence-electron chi connectivity index (χ2n) is 10.7. The summed E-state index contributed by atoms with van der Waals surface area (Å²) in [6.07, 6.45) is 7.17. The highest BCUT2D eigenvalue weighted by atomic mass is 32.2. The maximum Gasteiger partial charge on any atom is 0.315 e. The predicted molar refractivity (Wildman–Crippen MR) is 167 cm³/mol. The Morgan fingerprint density at radius 1 is 1.12 bits per heavy atom. The van der Waals surface area contributed by atoms with E-state index in [1.807, 2.05) is 56.2 Å². The van der Waals surface area contributed by atoms with E-state index in [0.29, 0.717) is 55.3 Å². The molecular formula is C31H39N5O5S. The quantitative estimate of drug-likeness (QED) is 0.176. The van der Waals surface area contributed by atoms with Crippen molar-refractivity contribution in [1.82, 2.24) is 20.9 Å². The van der Waals surface area contributed by atoms with Gasteiger partial charge in [-0.2, -0.15) is 11.8 Å². The number of nitrogens with one attached hydrogen (secondary N) is 3. The van der Waals surface area contributed by atoms with Crippen molar-refractivity contribution in [2.75, 3.05) is 51.1 Å². The number of amides is 3. The molecule has 5 rings (SSSR count). The third-order valence-electron chi connectivity index (χ3n) is 7.35. The number of carbonyl (C=O) groups is 2. The van der Waals surface area contributed by atoms with Crippen LogP contribution in [0.3, 0.4) is 0 Å². The molecule has 3 atom stereocenters. The number of anilines is 1. The van der Waals surface area contributed by atoms with Gasteiger partial charge in [0, 0.05) is 55.9 Å². The predicted octanol–water partition coefficient (Wildman–Crippen LogP) is 4.30. The normalized spacial score (nSPS) is 19.6. The van der Waals surface area contributed by atoms with Crippen molar-refractivity contribution in [2.45, 2.75) is 43.0 Å². The van der Waals surface area contributed by atoms with Gasteiger partial charge in [-0.1, -0.05) is 18.6 Å². The van der Waals surface area contributed by atoms with E-state index in [-0.39, 0.29) is 24.0 Å². The fraction of sp³-hybridized carbons (Fsp3) is 0.452. The van der Waals surface area contributed by atoms with Crippen LogP contribution in [0.1, 0.15) is 37.1 Å². The van der Waals surface area contributed by atoms with Gasteiger partial charge in [-0.25, -0.2) is 9.78 Å². The van der Waals surface area contributed by atoms with Crippen LogP contribution in [-0.2, 0) is 9.53 Å². The Hall–Kier alpha value is -3.70. The van der Waals surface area contributed by atoms with Gasteiger partial charge in [0.05, 0.1) is 25.3 Å². The largest absolute Gasteiger partial charge is 0.491 e. The molecule has 10 nitrogen and oxygen atoms in total. The molecule has 0 spiro atoms. The van der Waals surface area contributed by atoms with Gasteiger partial charge < -0.3 is 34.7 Å². The summed E-state index contributed by atoms with van der Waals surface area (Å²) < 4.78 is 17.3. The number of rotatable bonds is 15. The van der Waals surface area contributed by atoms with Gasteiger partial charge in [0.1, 0.15) is 17.9 Å². The third kappa shape index (κ3) is 8.19. The molecule has 3 N–H and O–H groups in total. The summed E-state index contributed by atoms with van der Waals surface area (Å²) in [5.41, 5.74) is 3.64. The minimum absolute atomic E-state index is 0.0412. The van der Waals surface area contributed by atoms with Gasteiger partial charge in [0.2, 0.25) is 11.8 Å². The number of thioether (sulfide) groups is 1. The smallest absolute Gasteiger partial charge is 0.315 e. The summed E-state index contributed by atoms with van der Waals surface area (Å²) in [4.78, 5) is 30.2. The first-order valence-corrected chi connectivity index (χ1v) is 15.5. The maximum atomic E-state index is 12.1. The molecule has 2 aliphatic rings. The van der Waals surface area contributed by atoms with Crippen molar-refractivity contribution in [2.24, 2.45) is 0 Å². The summed E-state index contributed by atoms with van der Waals surface area (Å²) in [7, 11) is 4.03. The molecular weight excluding hydrogens is 554 g/mol. The fourth-order valence-corrected chi connectivity index (χ4v) is 6.62. The van der Waals surface area contributed by atoms with Crippen LogP contribution in [0.15, 0.2) is 46.9 Å². The van der Waals surface area contributed by atoms with E-state index < -0.39 is 0 Å². The average Bonchev–Trinajstić information content (AvgIpc) is 3.67. The average molecular weight is 594 g/mol. The molecule has 0 bridgehead atoms. The summed E-state index contributed by atoms with van der Waals surface area (Å²) in [5, 5.41) is 9.31. The van der Waals surface area contributed by atoms with E-state index in [0.717, 1.165) is 41.8 Å². The zero-order valence-corrected chi connectivity index (χ0v) is 25.0. The summed E-state index contributed by atoms with van der Waals surface area (Å²) in [5.74, 6) is 2.22. The SMILES string of the molecule is CN(C)c1ccc(/C=C/c2nc3ccc(OCCOCCNC(=O)CCCC[C@@H]4SC[C@@H]5NC(=O)N[C@@H]54)cc3o2)cc1. The van der Waals surface area contributed by atoms with Crippen LogP contribution < -0.4 is 25.6 Å². The van der Waals surface area contributed by atoms with E-state index in [9.17, 15) is 9.59 Å². The van der Waals surface area contributed by atoms with E-state index in [2.05, 4.69) is 50.1 Å². The standard InChI is InChI=1S/C31H39N5O5S/c1-36(2)22-10-7-21(8-11-22)9-14-29-33-24-13-12-23(19-26(24)41-29)40-18-17-39-16-15-32-28(37)6-4-3-5-27-30-25(20-42-27)34-31(38)35-30/h7-14,19,25,27,30H,3-6,15-18,20H2,1-2H3,(H,32,37)(H2,34,35,38)/b14-9+/t25-,27-,30-/m0/s1. The maximum absolute atomic E-state index is 12.1. The lowest BCUT2D eigenvalue weighted by Crippen LogP contribution is -2.36. The van der Waals surface area contributed by atoms with Gasteiger partial charge in [-0.3, -0.25) is 4.79 Å². The van der Waals surface area contributed by atoms with Crippen LogP contribution in [0.2, 0.25) is 0 Å². The van der Waals surface area contributed by atoms with Crippen LogP contribution in [-0.4, -0.2) is 80.5 Å². The molecule has 3 aromatic rings.